The second-order valence-electron chi connectivity index (χ2n) is 7.76. The lowest BCUT2D eigenvalue weighted by Gasteiger charge is -2.34. The Morgan fingerprint density at radius 3 is 2.52 bits per heavy atom. The van der Waals surface area contributed by atoms with Crippen molar-refractivity contribution in [1.29, 1.82) is 0 Å². The Kier molecular flexibility index (Phi) is 7.26. The van der Waals surface area contributed by atoms with Crippen molar-refractivity contribution in [3.63, 3.8) is 0 Å². The highest BCUT2D eigenvalue weighted by Gasteiger charge is 2.40. The molecule has 0 aromatic heterocycles. The maximum Gasteiger partial charge on any atom is 0.401 e. The van der Waals surface area contributed by atoms with E-state index in [2.05, 4.69) is 15.2 Å². The summed E-state index contributed by atoms with van der Waals surface area (Å²) < 4.78 is 37.6. The number of hydrogen-bond donors (Lipinski definition) is 1. The largest absolute Gasteiger partial charge is 0.401 e. The first-order valence-corrected chi connectivity index (χ1v) is 9.17. The van der Waals surface area contributed by atoms with Crippen molar-refractivity contribution in [2.75, 3.05) is 39.8 Å². The molecule has 0 aromatic rings. The number of rotatable bonds is 2. The first-order chi connectivity index (χ1) is 11.4. The fourth-order valence-corrected chi connectivity index (χ4v) is 4.65. The predicted molar refractivity (Wildman–Crippen MR) is 105 cm³/mol. The zero-order chi connectivity index (χ0) is 17.2. The molecule has 1 unspecified atom stereocenters. The Balaban J connectivity index is 0.00000225. The molecule has 2 heterocycles. The highest BCUT2D eigenvalue weighted by atomic mass is 127. The van der Waals surface area contributed by atoms with Crippen molar-refractivity contribution >= 4 is 29.9 Å². The third-order valence-electron chi connectivity index (χ3n) is 5.87. The minimum atomic E-state index is -4.11. The first-order valence-electron chi connectivity index (χ1n) is 9.17. The lowest BCUT2D eigenvalue weighted by molar-refractivity contribution is -0.143. The van der Waals surface area contributed by atoms with Crippen molar-refractivity contribution in [1.82, 2.24) is 15.1 Å². The number of halogens is 4. The molecule has 3 aliphatic rings. The summed E-state index contributed by atoms with van der Waals surface area (Å²) in [5, 5.41) is 3.41. The normalized spacial score (nSPS) is 27.6. The monoisotopic (exact) mass is 474 g/mol. The molecule has 2 aliphatic heterocycles. The third kappa shape index (κ3) is 5.61. The van der Waals surface area contributed by atoms with Crippen molar-refractivity contribution in [3.05, 3.63) is 0 Å². The van der Waals surface area contributed by atoms with Gasteiger partial charge in [-0.3, -0.25) is 9.89 Å². The summed E-state index contributed by atoms with van der Waals surface area (Å²) in [7, 11) is 1.77. The number of nitrogens with zero attached hydrogens (tertiary/aromatic N) is 3. The molecule has 146 valence electrons. The third-order valence-corrected chi connectivity index (χ3v) is 5.87. The zero-order valence-corrected chi connectivity index (χ0v) is 17.3. The lowest BCUT2D eigenvalue weighted by Crippen LogP contribution is -2.47. The number of hydrogen-bond acceptors (Lipinski definition) is 2. The minimum absolute atomic E-state index is 0. The van der Waals surface area contributed by atoms with Crippen LogP contribution in [0.1, 0.15) is 44.9 Å². The molecule has 1 saturated carbocycles. The Morgan fingerprint density at radius 1 is 1.16 bits per heavy atom. The Labute approximate surface area is 165 Å². The van der Waals surface area contributed by atoms with Gasteiger partial charge in [-0.1, -0.05) is 19.3 Å². The average molecular weight is 474 g/mol. The molecule has 25 heavy (non-hydrogen) atoms. The van der Waals surface area contributed by atoms with E-state index in [9.17, 15) is 13.2 Å². The number of guanidine groups is 1. The van der Waals surface area contributed by atoms with E-state index >= 15 is 0 Å². The van der Waals surface area contributed by atoms with Gasteiger partial charge in [-0.25, -0.2) is 0 Å². The molecule has 1 atom stereocenters. The Bertz CT molecular complexity index is 463. The maximum absolute atomic E-state index is 12.5. The quantitative estimate of drug-likeness (QED) is 0.378. The SMILES string of the molecule is CN=C(NC1CCN(CC(F)(F)F)C1)N1CCC2(CCCCC2)C1.I. The molecule has 8 heteroatoms. The molecule has 0 aromatic carbocycles. The summed E-state index contributed by atoms with van der Waals surface area (Å²) in [5.74, 6) is 0.872. The molecule has 0 bridgehead atoms. The van der Waals surface area contributed by atoms with E-state index in [4.69, 9.17) is 0 Å². The van der Waals surface area contributed by atoms with Crippen LogP contribution in [0.25, 0.3) is 0 Å². The van der Waals surface area contributed by atoms with E-state index in [1.165, 1.54) is 43.4 Å². The second kappa shape index (κ2) is 8.63. The first kappa shape index (κ1) is 21.1. The van der Waals surface area contributed by atoms with E-state index in [0.717, 1.165) is 25.5 Å². The standard InChI is InChI=1S/C17H29F3N4.HI/c1-21-15(22-14-5-9-23(11-14)13-17(18,19)20)24-10-8-16(12-24)6-3-2-4-7-16;/h14H,2-13H2,1H3,(H,21,22);1H. The number of alkyl halides is 3. The predicted octanol–water partition coefficient (Wildman–Crippen LogP) is 3.47. The van der Waals surface area contributed by atoms with Crippen molar-refractivity contribution < 1.29 is 13.2 Å². The summed E-state index contributed by atoms with van der Waals surface area (Å²) in [6.45, 7) is 2.19. The van der Waals surface area contributed by atoms with E-state index in [0.29, 0.717) is 18.5 Å². The van der Waals surface area contributed by atoms with Gasteiger partial charge in [-0.15, -0.1) is 24.0 Å². The summed E-state index contributed by atoms with van der Waals surface area (Å²) >= 11 is 0. The molecule has 1 spiro atoms. The number of nitrogens with one attached hydrogen (secondary N) is 1. The molecular formula is C17H30F3IN4. The van der Waals surface area contributed by atoms with Crippen LogP contribution in [0.2, 0.25) is 0 Å². The van der Waals surface area contributed by atoms with Crippen molar-refractivity contribution in [2.24, 2.45) is 10.4 Å². The van der Waals surface area contributed by atoms with E-state index in [1.54, 1.807) is 7.05 Å². The number of aliphatic imine (C=N–C) groups is 1. The van der Waals surface area contributed by atoms with Crippen LogP contribution in [0.3, 0.4) is 0 Å². The van der Waals surface area contributed by atoms with Gasteiger partial charge in [0.1, 0.15) is 0 Å². The van der Waals surface area contributed by atoms with E-state index in [1.807, 2.05) is 0 Å². The van der Waals surface area contributed by atoms with Crippen molar-refractivity contribution in [3.8, 4) is 0 Å². The summed E-state index contributed by atoms with van der Waals surface area (Å²) in [6, 6.07) is 0.0638. The number of likely N-dealkylation sites (tertiary alicyclic amines) is 2. The van der Waals surface area contributed by atoms with E-state index in [-0.39, 0.29) is 30.0 Å². The van der Waals surface area contributed by atoms with Gasteiger partial charge in [0, 0.05) is 39.3 Å². The minimum Gasteiger partial charge on any atom is -0.352 e. The van der Waals surface area contributed by atoms with Gasteiger partial charge >= 0.3 is 6.18 Å². The van der Waals surface area contributed by atoms with Crippen LogP contribution >= 0.6 is 24.0 Å². The highest BCUT2D eigenvalue weighted by Crippen LogP contribution is 2.43. The smallest absolute Gasteiger partial charge is 0.352 e. The van der Waals surface area contributed by atoms with Gasteiger partial charge in [-0.2, -0.15) is 13.2 Å². The average Bonchev–Trinajstić information content (AvgIpc) is 3.12. The summed E-state index contributed by atoms with van der Waals surface area (Å²) in [5.41, 5.74) is 0.452. The summed E-state index contributed by atoms with van der Waals surface area (Å²) in [6.07, 6.45) is 4.48. The molecule has 0 radical (unpaired) electrons. The molecule has 3 fully saturated rings. The molecule has 2 saturated heterocycles. The van der Waals surface area contributed by atoms with Crippen LogP contribution in [0.5, 0.6) is 0 Å². The van der Waals surface area contributed by atoms with Crippen LogP contribution in [0.4, 0.5) is 13.2 Å². The fraction of sp³-hybridized carbons (Fsp3) is 0.941. The molecule has 0 amide bonds. The molecular weight excluding hydrogens is 444 g/mol. The van der Waals surface area contributed by atoms with Gasteiger partial charge in [0.05, 0.1) is 6.54 Å². The lowest BCUT2D eigenvalue weighted by atomic mass is 9.73. The Morgan fingerprint density at radius 2 is 1.88 bits per heavy atom. The fourth-order valence-electron chi connectivity index (χ4n) is 4.65. The molecule has 3 rings (SSSR count). The van der Waals surface area contributed by atoms with Crippen LogP contribution in [-0.2, 0) is 0 Å². The molecule has 1 aliphatic carbocycles. The summed E-state index contributed by atoms with van der Waals surface area (Å²) in [4.78, 5) is 8.20. The zero-order valence-electron chi connectivity index (χ0n) is 14.9. The van der Waals surface area contributed by atoms with Crippen LogP contribution in [0, 0.1) is 5.41 Å². The van der Waals surface area contributed by atoms with Crippen LogP contribution < -0.4 is 5.32 Å². The van der Waals surface area contributed by atoms with Gasteiger partial charge in [0.2, 0.25) is 0 Å². The van der Waals surface area contributed by atoms with Crippen molar-refractivity contribution in [2.45, 2.75) is 57.2 Å². The molecule has 4 nitrogen and oxygen atoms in total. The second-order valence-corrected chi connectivity index (χ2v) is 7.76. The van der Waals surface area contributed by atoms with E-state index < -0.39 is 12.7 Å². The van der Waals surface area contributed by atoms with Gasteiger partial charge in [0.15, 0.2) is 5.96 Å². The molecule has 1 N–H and O–H groups in total. The van der Waals surface area contributed by atoms with Gasteiger partial charge in [0.25, 0.3) is 0 Å². The van der Waals surface area contributed by atoms with Gasteiger partial charge < -0.3 is 10.2 Å². The van der Waals surface area contributed by atoms with Gasteiger partial charge in [-0.05, 0) is 31.1 Å². The maximum atomic E-state index is 12.5. The highest BCUT2D eigenvalue weighted by molar-refractivity contribution is 14.0. The topological polar surface area (TPSA) is 30.9 Å². The Hall–Kier alpha value is -0.250. The van der Waals surface area contributed by atoms with Crippen LogP contribution in [-0.4, -0.2) is 67.7 Å². The van der Waals surface area contributed by atoms with Crippen LogP contribution in [0.15, 0.2) is 4.99 Å².